The molecule has 0 aliphatic rings. The topological polar surface area (TPSA) is 12.4 Å². The van der Waals surface area contributed by atoms with Crippen molar-refractivity contribution in [3.05, 3.63) is 56.9 Å². The number of rotatable bonds is 3. The first-order valence-corrected chi connectivity index (χ1v) is 6.66. The second-order valence-corrected chi connectivity index (χ2v) is 6.17. The Kier molecular flexibility index (Phi) is 3.54. The minimum absolute atomic E-state index is 0.514. The van der Waals surface area contributed by atoms with Gasteiger partial charge in [-0.05, 0) is 0 Å². The van der Waals surface area contributed by atoms with Crippen LogP contribution in [0.4, 0.5) is 0 Å². The molecule has 2 rings (SSSR count). The van der Waals surface area contributed by atoms with Gasteiger partial charge in [-0.1, -0.05) is 0 Å². The van der Waals surface area contributed by atoms with Crippen LogP contribution in [0.25, 0.3) is 0 Å². The summed E-state index contributed by atoms with van der Waals surface area (Å²) < 4.78 is 2.85. The molecule has 0 spiro atoms. The Hall–Kier alpha value is -1.11. The SMILES string of the molecule is Cc1ccc(C=NCc2ccccc2)[se]1. The number of hydrogen-bond acceptors (Lipinski definition) is 1. The van der Waals surface area contributed by atoms with E-state index in [1.54, 1.807) is 0 Å². The average molecular weight is 262 g/mol. The molecule has 2 heteroatoms. The van der Waals surface area contributed by atoms with Crippen LogP contribution in [0.1, 0.15) is 14.4 Å². The van der Waals surface area contributed by atoms with E-state index in [1.165, 1.54) is 14.4 Å². The molecule has 1 aromatic heterocycles. The number of hydrogen-bond donors (Lipinski definition) is 0. The summed E-state index contributed by atoms with van der Waals surface area (Å²) in [5, 5.41) is 0. The Labute approximate surface area is 96.2 Å². The van der Waals surface area contributed by atoms with E-state index in [0.29, 0.717) is 14.5 Å². The third kappa shape index (κ3) is 3.19. The molecule has 0 bridgehead atoms. The van der Waals surface area contributed by atoms with E-state index >= 15 is 0 Å². The van der Waals surface area contributed by atoms with Gasteiger partial charge in [-0.25, -0.2) is 0 Å². The predicted molar refractivity (Wildman–Crippen MR) is 65.9 cm³/mol. The minimum atomic E-state index is 0.514. The van der Waals surface area contributed by atoms with Crippen LogP contribution in [0.3, 0.4) is 0 Å². The molecule has 0 aliphatic heterocycles. The van der Waals surface area contributed by atoms with Crippen molar-refractivity contribution in [3.8, 4) is 0 Å². The van der Waals surface area contributed by atoms with Crippen molar-refractivity contribution in [3.63, 3.8) is 0 Å². The van der Waals surface area contributed by atoms with Crippen LogP contribution in [0, 0.1) is 6.92 Å². The Morgan fingerprint density at radius 1 is 1.13 bits per heavy atom. The van der Waals surface area contributed by atoms with Crippen molar-refractivity contribution in [1.29, 1.82) is 0 Å². The van der Waals surface area contributed by atoms with Crippen molar-refractivity contribution in [1.82, 2.24) is 0 Å². The summed E-state index contributed by atoms with van der Waals surface area (Å²) in [6.45, 7) is 2.96. The summed E-state index contributed by atoms with van der Waals surface area (Å²) in [7, 11) is 0. The van der Waals surface area contributed by atoms with Gasteiger partial charge >= 0.3 is 96.1 Å². The number of aryl methyl sites for hydroxylation is 1. The van der Waals surface area contributed by atoms with Crippen molar-refractivity contribution in [2.24, 2.45) is 4.99 Å². The monoisotopic (exact) mass is 263 g/mol. The second-order valence-electron chi connectivity index (χ2n) is 3.40. The fourth-order valence-corrected chi connectivity index (χ4v) is 2.97. The molecule has 0 radical (unpaired) electrons. The maximum atomic E-state index is 4.45. The Morgan fingerprint density at radius 2 is 1.93 bits per heavy atom. The fraction of sp³-hybridized carbons (Fsp3) is 0.154. The van der Waals surface area contributed by atoms with Gasteiger partial charge in [0, 0.05) is 0 Å². The Morgan fingerprint density at radius 3 is 2.60 bits per heavy atom. The summed E-state index contributed by atoms with van der Waals surface area (Å²) in [6.07, 6.45) is 2.01. The summed E-state index contributed by atoms with van der Waals surface area (Å²) in [4.78, 5) is 4.45. The van der Waals surface area contributed by atoms with E-state index in [9.17, 15) is 0 Å². The molecule has 1 aromatic carbocycles. The van der Waals surface area contributed by atoms with Gasteiger partial charge in [-0.15, -0.1) is 0 Å². The first kappa shape index (κ1) is 10.4. The van der Waals surface area contributed by atoms with Crippen molar-refractivity contribution >= 4 is 20.7 Å². The van der Waals surface area contributed by atoms with Crippen LogP contribution >= 0.6 is 0 Å². The van der Waals surface area contributed by atoms with Crippen molar-refractivity contribution in [2.75, 3.05) is 0 Å². The van der Waals surface area contributed by atoms with Crippen LogP contribution in [0.5, 0.6) is 0 Å². The average Bonchev–Trinajstić information content (AvgIpc) is 2.66. The molecule has 0 N–H and O–H groups in total. The van der Waals surface area contributed by atoms with Crippen molar-refractivity contribution < 1.29 is 0 Å². The molecule has 0 unspecified atom stereocenters. The summed E-state index contributed by atoms with van der Waals surface area (Å²) >= 11 is 0.514. The summed E-state index contributed by atoms with van der Waals surface area (Å²) in [5.74, 6) is 0. The predicted octanol–water partition coefficient (Wildman–Crippen LogP) is 2.67. The third-order valence-corrected chi connectivity index (χ3v) is 4.06. The quantitative estimate of drug-likeness (QED) is 0.595. The van der Waals surface area contributed by atoms with E-state index in [1.807, 2.05) is 12.3 Å². The van der Waals surface area contributed by atoms with Gasteiger partial charge in [0.2, 0.25) is 0 Å². The van der Waals surface area contributed by atoms with Gasteiger partial charge in [-0.3, -0.25) is 0 Å². The van der Waals surface area contributed by atoms with Gasteiger partial charge in [0.25, 0.3) is 0 Å². The van der Waals surface area contributed by atoms with Crippen LogP contribution in [-0.4, -0.2) is 20.7 Å². The molecule has 0 amide bonds. The van der Waals surface area contributed by atoms with E-state index in [0.717, 1.165) is 6.54 Å². The maximum absolute atomic E-state index is 4.45. The Balaban J connectivity index is 1.96. The van der Waals surface area contributed by atoms with E-state index in [2.05, 4.69) is 48.3 Å². The van der Waals surface area contributed by atoms with Crippen LogP contribution in [0.15, 0.2) is 47.5 Å². The van der Waals surface area contributed by atoms with Gasteiger partial charge < -0.3 is 0 Å². The molecule has 76 valence electrons. The van der Waals surface area contributed by atoms with Crippen LogP contribution in [-0.2, 0) is 6.54 Å². The van der Waals surface area contributed by atoms with Gasteiger partial charge in [-0.2, -0.15) is 0 Å². The molecule has 0 fully saturated rings. The molecule has 0 saturated heterocycles. The molecular weight excluding hydrogens is 249 g/mol. The number of aliphatic imine (C=N–C) groups is 1. The number of nitrogens with zero attached hydrogens (tertiary/aromatic N) is 1. The molecule has 0 atom stereocenters. The number of benzene rings is 1. The summed E-state index contributed by atoms with van der Waals surface area (Å²) in [6, 6.07) is 14.7. The first-order chi connectivity index (χ1) is 7.34. The zero-order valence-electron chi connectivity index (χ0n) is 8.68. The van der Waals surface area contributed by atoms with Crippen LogP contribution < -0.4 is 0 Å². The van der Waals surface area contributed by atoms with E-state index in [-0.39, 0.29) is 0 Å². The molecular formula is C13H13NSe. The zero-order valence-corrected chi connectivity index (χ0v) is 10.4. The van der Waals surface area contributed by atoms with Gasteiger partial charge in [0.15, 0.2) is 0 Å². The molecule has 1 heterocycles. The van der Waals surface area contributed by atoms with Crippen LogP contribution in [0.2, 0.25) is 0 Å². The van der Waals surface area contributed by atoms with E-state index in [4.69, 9.17) is 0 Å². The van der Waals surface area contributed by atoms with Gasteiger partial charge in [0.1, 0.15) is 0 Å². The third-order valence-electron chi connectivity index (χ3n) is 2.10. The standard InChI is InChI=1S/C13H13NSe/c1-11-7-8-13(15-11)10-14-9-12-5-3-2-4-6-12/h2-8,10H,9H2,1H3. The second kappa shape index (κ2) is 5.11. The normalized spacial score (nSPS) is 11.0. The van der Waals surface area contributed by atoms with E-state index < -0.39 is 0 Å². The molecule has 15 heavy (non-hydrogen) atoms. The fourth-order valence-electron chi connectivity index (χ4n) is 1.35. The molecule has 0 saturated carbocycles. The Bertz CT molecular complexity index is 443. The zero-order chi connectivity index (χ0) is 10.5. The molecule has 1 nitrogen and oxygen atoms in total. The first-order valence-electron chi connectivity index (χ1n) is 4.95. The molecule has 0 aliphatic carbocycles. The van der Waals surface area contributed by atoms with Crippen molar-refractivity contribution in [2.45, 2.75) is 13.5 Å². The van der Waals surface area contributed by atoms with Gasteiger partial charge in [0.05, 0.1) is 0 Å². The summed E-state index contributed by atoms with van der Waals surface area (Å²) in [5.41, 5.74) is 1.27. The molecule has 2 aromatic rings.